The predicted octanol–water partition coefficient (Wildman–Crippen LogP) is 7.06. The molecule has 470 valence electrons. The van der Waals surface area contributed by atoms with Crippen LogP contribution in [-0.4, -0.2) is 174 Å². The fraction of sp³-hybridized carbons (Fsp3) is 0.914. The summed E-state index contributed by atoms with van der Waals surface area (Å²) in [5, 5.41) is 104. The summed E-state index contributed by atoms with van der Waals surface area (Å²) in [4.78, 5) is 49.3. The highest BCUT2D eigenvalue weighted by Crippen LogP contribution is 2.48. The average molecular weight is 1170 g/mol. The standard InChI is InChI=1S/C58H109N2O19P/c1-5-7-9-11-13-15-17-18-19-20-21-22-23-24-25-26-28-30-32-34-36-38-47(65)60-43(44(62)37-35-33-31-29-27-16-14-12-10-8-6-2)40-76-80(73,74)79-56-52(69)50(67)51(68)55(53(56)70)78-58(57(71)72)39-45(63)48(59-42(3)61)54(77-58)49(66)46(64)41-75-4/h35,37,43-46,48-56,62-64,66-70H,5-34,36,38-41H2,1-4H3,(H,59,61)(H,60,65)(H,71,72)(H,73,74)/b37-35+/t43-,44+,45-,46+,48+,49+,50-,51-,52+,53+,54+,55+,56-,58-/m0/s1. The number of carbonyl (C=O) groups is 3. The summed E-state index contributed by atoms with van der Waals surface area (Å²) >= 11 is 0. The maximum absolute atomic E-state index is 13.6. The van der Waals surface area contributed by atoms with Crippen molar-refractivity contribution in [1.29, 1.82) is 0 Å². The van der Waals surface area contributed by atoms with Crippen LogP contribution in [0, 0.1) is 0 Å². The second-order valence-electron chi connectivity index (χ2n) is 22.6. The molecule has 2 fully saturated rings. The number of aliphatic hydroxyl groups is 8. The van der Waals surface area contributed by atoms with Crippen LogP contribution in [0.5, 0.6) is 0 Å². The molecule has 2 rings (SSSR count). The molecule has 0 aromatic carbocycles. The number of phosphoric acid groups is 1. The summed E-state index contributed by atoms with van der Waals surface area (Å²) < 4.78 is 40.2. The van der Waals surface area contributed by atoms with Crippen molar-refractivity contribution in [3.05, 3.63) is 12.2 Å². The Morgan fingerprint density at radius 1 is 0.650 bits per heavy atom. The van der Waals surface area contributed by atoms with Gasteiger partial charge in [-0.3, -0.25) is 18.6 Å². The molecule has 21 nitrogen and oxygen atoms in total. The third-order valence-electron chi connectivity index (χ3n) is 15.5. The van der Waals surface area contributed by atoms with E-state index in [0.29, 0.717) is 12.8 Å². The zero-order valence-electron chi connectivity index (χ0n) is 49.0. The van der Waals surface area contributed by atoms with E-state index in [2.05, 4.69) is 24.5 Å². The van der Waals surface area contributed by atoms with Gasteiger partial charge in [-0.2, -0.15) is 0 Å². The molecule has 0 spiro atoms. The first-order valence-electron chi connectivity index (χ1n) is 30.7. The van der Waals surface area contributed by atoms with Gasteiger partial charge in [-0.15, -0.1) is 0 Å². The molecule has 2 amide bonds. The molecule has 1 unspecified atom stereocenters. The average Bonchev–Trinajstić information content (AvgIpc) is 3.42. The normalized spacial score (nSPS) is 26.6. The van der Waals surface area contributed by atoms with E-state index in [1.165, 1.54) is 148 Å². The second kappa shape index (κ2) is 42.6. The Balaban J connectivity index is 2.03. The Hall–Kier alpha value is -2.18. The van der Waals surface area contributed by atoms with Gasteiger partial charge < -0.3 is 75.7 Å². The largest absolute Gasteiger partial charge is 0.477 e. The number of carboxylic acids is 1. The Bertz CT molecular complexity index is 1720. The first-order chi connectivity index (χ1) is 38.2. The maximum Gasteiger partial charge on any atom is 0.472 e. The van der Waals surface area contributed by atoms with Gasteiger partial charge >= 0.3 is 13.8 Å². The molecule has 1 heterocycles. The van der Waals surface area contributed by atoms with E-state index in [1.807, 2.05) is 0 Å². The highest BCUT2D eigenvalue weighted by atomic mass is 31.2. The van der Waals surface area contributed by atoms with Crippen LogP contribution in [0.2, 0.25) is 0 Å². The van der Waals surface area contributed by atoms with Gasteiger partial charge in [0.15, 0.2) is 0 Å². The van der Waals surface area contributed by atoms with E-state index in [0.717, 1.165) is 58.3 Å². The lowest BCUT2D eigenvalue weighted by Crippen LogP contribution is -2.71. The van der Waals surface area contributed by atoms with E-state index in [9.17, 15) is 69.8 Å². The van der Waals surface area contributed by atoms with Crippen LogP contribution >= 0.6 is 7.82 Å². The molecule has 80 heavy (non-hydrogen) atoms. The molecular weight excluding hydrogens is 1060 g/mol. The van der Waals surface area contributed by atoms with E-state index in [1.54, 1.807) is 6.08 Å². The van der Waals surface area contributed by atoms with Crippen molar-refractivity contribution >= 4 is 25.6 Å². The number of rotatable bonds is 48. The van der Waals surface area contributed by atoms with Gasteiger partial charge in [-0.05, 0) is 19.3 Å². The van der Waals surface area contributed by atoms with Gasteiger partial charge in [-0.25, -0.2) is 9.36 Å². The van der Waals surface area contributed by atoms with Crippen molar-refractivity contribution in [2.24, 2.45) is 0 Å². The first kappa shape index (κ1) is 73.9. The van der Waals surface area contributed by atoms with Gasteiger partial charge in [0.05, 0.1) is 37.5 Å². The minimum absolute atomic E-state index is 0.111. The SMILES string of the molecule is CCCCCCCCCCC/C=C/[C@@H](O)[C@H](COP(=O)(O)O[C@@H]1[C@H](O)[C@H](O[C@]2(C(=O)O)C[C@H](O)[C@@H](NC(C)=O)[C@H]([C@H](O)[C@H](O)COC)O2)[C@@H](O)[C@H](O)[C@H]1O)NC(=O)CCCCCCCCCCCCCCCCCCCCCCC. The van der Waals surface area contributed by atoms with Gasteiger partial charge in [0.25, 0.3) is 5.79 Å². The summed E-state index contributed by atoms with van der Waals surface area (Å²) in [5.74, 6) is -6.33. The number of unbranched alkanes of at least 4 members (excludes halogenated alkanes) is 29. The topological polar surface area (TPSA) is 341 Å². The molecule has 15 atom stereocenters. The molecule has 2 aliphatic rings. The van der Waals surface area contributed by atoms with Crippen molar-refractivity contribution in [2.45, 2.75) is 318 Å². The summed E-state index contributed by atoms with van der Waals surface area (Å²) in [6.45, 7) is 4.16. The minimum Gasteiger partial charge on any atom is -0.477 e. The van der Waals surface area contributed by atoms with Gasteiger partial charge in [-0.1, -0.05) is 206 Å². The number of ether oxygens (including phenoxy) is 3. The van der Waals surface area contributed by atoms with Crippen LogP contribution in [0.4, 0.5) is 0 Å². The number of phosphoric ester groups is 1. The van der Waals surface area contributed by atoms with Gasteiger partial charge in [0.2, 0.25) is 11.8 Å². The van der Waals surface area contributed by atoms with Crippen molar-refractivity contribution < 1.29 is 93.1 Å². The Morgan fingerprint density at radius 2 is 1.10 bits per heavy atom. The number of hydrogen-bond acceptors (Lipinski definition) is 17. The third-order valence-corrected chi connectivity index (χ3v) is 16.4. The van der Waals surface area contributed by atoms with Crippen LogP contribution in [0.1, 0.15) is 233 Å². The number of aliphatic hydroxyl groups excluding tert-OH is 8. The molecule has 1 aliphatic carbocycles. The maximum atomic E-state index is 13.6. The lowest BCUT2D eigenvalue weighted by molar-refractivity contribution is -0.350. The number of carboxylic acid groups (broad SMARTS) is 1. The smallest absolute Gasteiger partial charge is 0.472 e. The third kappa shape index (κ3) is 29.1. The fourth-order valence-corrected chi connectivity index (χ4v) is 11.6. The molecule has 0 radical (unpaired) electrons. The Morgan fingerprint density at radius 3 is 1.55 bits per heavy atom. The monoisotopic (exact) mass is 1170 g/mol. The lowest BCUT2D eigenvalue weighted by Gasteiger charge is -2.50. The predicted molar refractivity (Wildman–Crippen MR) is 303 cm³/mol. The Kier molecular flexibility index (Phi) is 39.4. The summed E-state index contributed by atoms with van der Waals surface area (Å²) in [6, 6.07) is -2.84. The van der Waals surface area contributed by atoms with Crippen molar-refractivity contribution in [3.63, 3.8) is 0 Å². The van der Waals surface area contributed by atoms with Crippen LogP contribution < -0.4 is 10.6 Å². The highest BCUT2D eigenvalue weighted by molar-refractivity contribution is 7.47. The van der Waals surface area contributed by atoms with E-state index < -0.39 is 130 Å². The molecular formula is C58H109N2O19P. The zero-order valence-corrected chi connectivity index (χ0v) is 49.9. The number of amides is 2. The number of aliphatic carboxylic acids is 1. The first-order valence-corrected chi connectivity index (χ1v) is 32.2. The van der Waals surface area contributed by atoms with Crippen LogP contribution in [0.15, 0.2) is 12.2 Å². The number of nitrogens with one attached hydrogen (secondary N) is 2. The summed E-state index contributed by atoms with van der Waals surface area (Å²) in [5.41, 5.74) is 0. The van der Waals surface area contributed by atoms with Gasteiger partial charge in [0.1, 0.15) is 54.9 Å². The molecule has 12 N–H and O–H groups in total. The molecule has 1 aliphatic heterocycles. The van der Waals surface area contributed by atoms with E-state index in [-0.39, 0.29) is 6.42 Å². The quantitative estimate of drug-likeness (QED) is 0.0165. The van der Waals surface area contributed by atoms with Crippen molar-refractivity contribution in [2.75, 3.05) is 20.3 Å². The lowest BCUT2D eigenvalue weighted by atomic mass is 9.84. The van der Waals surface area contributed by atoms with Crippen molar-refractivity contribution in [1.82, 2.24) is 10.6 Å². The molecule has 0 bridgehead atoms. The highest BCUT2D eigenvalue weighted by Gasteiger charge is 2.61. The number of hydrogen-bond donors (Lipinski definition) is 12. The van der Waals surface area contributed by atoms with E-state index in [4.69, 9.17) is 23.3 Å². The summed E-state index contributed by atoms with van der Waals surface area (Å²) in [6.07, 6.45) is 15.5. The zero-order chi connectivity index (χ0) is 59.4. The van der Waals surface area contributed by atoms with Crippen LogP contribution in [0.3, 0.4) is 0 Å². The second-order valence-corrected chi connectivity index (χ2v) is 24.0. The molecule has 22 heteroatoms. The van der Waals surface area contributed by atoms with Crippen molar-refractivity contribution in [3.8, 4) is 0 Å². The molecule has 1 saturated heterocycles. The summed E-state index contributed by atoms with van der Waals surface area (Å²) in [7, 11) is -4.28. The number of methoxy groups -OCH3 is 1. The molecule has 0 aromatic heterocycles. The number of carbonyl (C=O) groups excluding carboxylic acids is 2. The molecule has 0 aromatic rings. The fourth-order valence-electron chi connectivity index (χ4n) is 10.6. The Labute approximate surface area is 477 Å². The number of allylic oxidation sites excluding steroid dienone is 1. The van der Waals surface area contributed by atoms with Crippen LogP contribution in [-0.2, 0) is 42.2 Å². The minimum atomic E-state index is -5.47. The van der Waals surface area contributed by atoms with Gasteiger partial charge in [0, 0.05) is 26.9 Å². The molecule has 1 saturated carbocycles. The van der Waals surface area contributed by atoms with Crippen LogP contribution in [0.25, 0.3) is 0 Å². The van der Waals surface area contributed by atoms with E-state index >= 15 is 0 Å².